The van der Waals surface area contributed by atoms with Gasteiger partial charge in [0, 0.05) is 33.4 Å². The summed E-state index contributed by atoms with van der Waals surface area (Å²) in [7, 11) is 5.28. The number of nitrogens with one attached hydrogen (secondary N) is 2. The third-order valence-corrected chi connectivity index (χ3v) is 5.37. The highest BCUT2D eigenvalue weighted by molar-refractivity contribution is 6.41. The lowest BCUT2D eigenvalue weighted by atomic mass is 10.1. The second-order valence-corrected chi connectivity index (χ2v) is 8.07. The fourth-order valence-corrected chi connectivity index (χ4v) is 3.38. The van der Waals surface area contributed by atoms with Crippen molar-refractivity contribution in [3.05, 3.63) is 42.5 Å². The zero-order valence-corrected chi connectivity index (χ0v) is 19.8. The highest BCUT2D eigenvalue weighted by Crippen LogP contribution is 2.18. The Bertz CT molecular complexity index is 971. The molecule has 3 atom stereocenters. The number of rotatable bonds is 9. The molecule has 10 nitrogen and oxygen atoms in total. The molecule has 1 aromatic carbocycles. The lowest BCUT2D eigenvalue weighted by Crippen LogP contribution is -2.47. The minimum atomic E-state index is -0.812. The highest BCUT2D eigenvalue weighted by Gasteiger charge is 2.31. The quantitative estimate of drug-likeness (QED) is 0.464. The molecular formula is C23H33N7O3. The van der Waals surface area contributed by atoms with E-state index in [2.05, 4.69) is 27.2 Å². The zero-order valence-electron chi connectivity index (χ0n) is 19.8. The Morgan fingerprint density at radius 2 is 1.94 bits per heavy atom. The van der Waals surface area contributed by atoms with Crippen molar-refractivity contribution in [2.45, 2.75) is 38.5 Å². The van der Waals surface area contributed by atoms with E-state index in [0.717, 1.165) is 11.3 Å². The van der Waals surface area contributed by atoms with Gasteiger partial charge in [0.2, 0.25) is 17.7 Å². The molecule has 0 radical (unpaired) electrons. The van der Waals surface area contributed by atoms with E-state index in [4.69, 9.17) is 5.73 Å². The van der Waals surface area contributed by atoms with Gasteiger partial charge in [-0.05, 0) is 44.0 Å². The fourth-order valence-electron chi connectivity index (χ4n) is 3.38. The number of hydrogen-bond donors (Lipinski definition) is 3. The predicted octanol–water partition coefficient (Wildman–Crippen LogP) is 0.405. The molecule has 10 heteroatoms. The largest absolute Gasteiger partial charge is 0.368 e. The average Bonchev–Trinajstić information content (AvgIpc) is 2.78. The molecule has 0 bridgehead atoms. The molecule has 0 fully saturated rings. The summed E-state index contributed by atoms with van der Waals surface area (Å²) in [4.78, 5) is 48.1. The summed E-state index contributed by atoms with van der Waals surface area (Å²) in [6, 6.07) is 6.20. The number of carbonyl (C=O) groups excluding carboxylic acids is 3. The average molecular weight is 456 g/mol. The number of anilines is 1. The van der Waals surface area contributed by atoms with Gasteiger partial charge < -0.3 is 26.2 Å². The van der Waals surface area contributed by atoms with E-state index in [1.165, 1.54) is 11.0 Å². The Hall–Kier alpha value is -3.69. The van der Waals surface area contributed by atoms with Crippen LogP contribution in [0.3, 0.4) is 0 Å². The highest BCUT2D eigenvalue weighted by atomic mass is 16.2. The van der Waals surface area contributed by atoms with Crippen LogP contribution in [0.4, 0.5) is 5.69 Å². The Kier molecular flexibility index (Phi) is 8.72. The van der Waals surface area contributed by atoms with Gasteiger partial charge in [0.1, 0.15) is 11.9 Å². The van der Waals surface area contributed by atoms with E-state index >= 15 is 0 Å². The van der Waals surface area contributed by atoms with E-state index in [1.54, 1.807) is 20.9 Å². The van der Waals surface area contributed by atoms with Crippen LogP contribution >= 0.6 is 0 Å². The number of nitrogens with two attached hydrogens (primary N) is 1. The molecule has 2 rings (SSSR count). The second kappa shape index (κ2) is 11.3. The summed E-state index contributed by atoms with van der Waals surface area (Å²) in [6.07, 6.45) is 1.13. The molecule has 0 spiro atoms. The van der Waals surface area contributed by atoms with Gasteiger partial charge in [-0.15, -0.1) is 0 Å². The Morgan fingerprint density at radius 3 is 2.55 bits per heavy atom. The van der Waals surface area contributed by atoms with Crippen LogP contribution < -0.4 is 16.4 Å². The van der Waals surface area contributed by atoms with Gasteiger partial charge in [-0.2, -0.15) is 0 Å². The summed E-state index contributed by atoms with van der Waals surface area (Å²) in [5, 5.41) is 6.09. The molecule has 33 heavy (non-hydrogen) atoms. The lowest BCUT2D eigenvalue weighted by Gasteiger charge is -2.29. The first-order chi connectivity index (χ1) is 15.5. The molecular weight excluding hydrogens is 422 g/mol. The third-order valence-electron chi connectivity index (χ3n) is 5.37. The van der Waals surface area contributed by atoms with Gasteiger partial charge in [-0.1, -0.05) is 18.7 Å². The van der Waals surface area contributed by atoms with E-state index in [1.807, 2.05) is 43.3 Å². The van der Waals surface area contributed by atoms with Crippen LogP contribution in [0.15, 0.2) is 46.9 Å². The maximum Gasteiger partial charge on any atom is 0.246 e. The normalized spacial score (nSPS) is 18.3. The summed E-state index contributed by atoms with van der Waals surface area (Å²) in [6.45, 7) is 7.30. The van der Waals surface area contributed by atoms with Crippen molar-refractivity contribution in [1.29, 1.82) is 0 Å². The van der Waals surface area contributed by atoms with Crippen LogP contribution in [0, 0.1) is 0 Å². The molecule has 0 saturated heterocycles. The van der Waals surface area contributed by atoms with Crippen LogP contribution in [-0.4, -0.2) is 85.0 Å². The minimum Gasteiger partial charge on any atom is -0.368 e. The van der Waals surface area contributed by atoms with Crippen molar-refractivity contribution in [2.24, 2.45) is 15.7 Å². The number of likely N-dealkylation sites (N-methyl/N-ethyl adjacent to an activating group) is 1. The molecule has 4 N–H and O–H groups in total. The van der Waals surface area contributed by atoms with E-state index in [-0.39, 0.29) is 11.8 Å². The maximum absolute atomic E-state index is 12.3. The van der Waals surface area contributed by atoms with E-state index < -0.39 is 24.2 Å². The topological polar surface area (TPSA) is 132 Å². The van der Waals surface area contributed by atoms with Crippen molar-refractivity contribution >= 4 is 35.0 Å². The summed E-state index contributed by atoms with van der Waals surface area (Å²) < 4.78 is 0. The predicted molar refractivity (Wildman–Crippen MR) is 130 cm³/mol. The number of benzene rings is 1. The van der Waals surface area contributed by atoms with Gasteiger partial charge in [0.05, 0.1) is 5.71 Å². The standard InChI is InChI=1S/C23H33N7O3/c1-7-18(31)30(6)15(3)23(33)25-12-11-16-9-8-10-17(13-16)27-21-19(20(24)32)26-14(2)22(28-21)29(4)5/h7-10,13,15,19,21,27H,1,11-12H2,2-6H3,(H2,24,32)(H,25,33)/t15-,19?,21?/m0/s1. The molecule has 3 amide bonds. The van der Waals surface area contributed by atoms with Gasteiger partial charge in [0.15, 0.2) is 12.2 Å². The van der Waals surface area contributed by atoms with Gasteiger partial charge in [-0.3, -0.25) is 19.4 Å². The number of nitrogens with zero attached hydrogens (tertiary/aromatic N) is 4. The number of hydrogen-bond acceptors (Lipinski definition) is 7. The molecule has 1 heterocycles. The SMILES string of the molecule is C=CC(=O)N(C)[C@@H](C)C(=O)NCCc1cccc(NC2N=C(N(C)C)C(C)=NC2C(N)=O)c1. The molecule has 1 aliphatic rings. The molecule has 0 aliphatic carbocycles. The van der Waals surface area contributed by atoms with Crippen LogP contribution in [0.25, 0.3) is 0 Å². The summed E-state index contributed by atoms with van der Waals surface area (Å²) in [5.74, 6) is -0.431. The minimum absolute atomic E-state index is 0.243. The van der Waals surface area contributed by atoms with Crippen molar-refractivity contribution in [1.82, 2.24) is 15.1 Å². The van der Waals surface area contributed by atoms with E-state index in [0.29, 0.717) is 24.5 Å². The maximum atomic E-state index is 12.3. The van der Waals surface area contributed by atoms with Gasteiger partial charge >= 0.3 is 0 Å². The zero-order chi connectivity index (χ0) is 24.7. The first-order valence-corrected chi connectivity index (χ1v) is 10.7. The molecule has 0 aromatic heterocycles. The third kappa shape index (κ3) is 6.64. The van der Waals surface area contributed by atoms with E-state index in [9.17, 15) is 14.4 Å². The lowest BCUT2D eigenvalue weighted by molar-refractivity contribution is -0.135. The van der Waals surface area contributed by atoms with Crippen LogP contribution in [0.1, 0.15) is 19.4 Å². The van der Waals surface area contributed by atoms with Crippen LogP contribution in [0.2, 0.25) is 0 Å². The van der Waals surface area contributed by atoms with Gasteiger partial charge in [0.25, 0.3) is 0 Å². The van der Waals surface area contributed by atoms with Crippen LogP contribution in [-0.2, 0) is 20.8 Å². The van der Waals surface area contributed by atoms with Crippen molar-refractivity contribution in [3.63, 3.8) is 0 Å². The molecule has 1 aromatic rings. The fraction of sp³-hybridized carbons (Fsp3) is 0.435. The molecule has 2 unspecified atom stereocenters. The Morgan fingerprint density at radius 1 is 1.24 bits per heavy atom. The number of carbonyl (C=O) groups is 3. The Balaban J connectivity index is 2.03. The monoisotopic (exact) mass is 455 g/mol. The number of amidine groups is 1. The number of primary amides is 1. The van der Waals surface area contributed by atoms with Crippen molar-refractivity contribution < 1.29 is 14.4 Å². The first kappa shape index (κ1) is 25.6. The second-order valence-electron chi connectivity index (χ2n) is 8.07. The van der Waals surface area contributed by atoms with Gasteiger partial charge in [-0.25, -0.2) is 4.99 Å². The molecule has 1 aliphatic heterocycles. The Labute approximate surface area is 194 Å². The summed E-state index contributed by atoms with van der Waals surface area (Å²) in [5.41, 5.74) is 7.95. The van der Waals surface area contributed by atoms with Crippen molar-refractivity contribution in [3.8, 4) is 0 Å². The molecule has 178 valence electrons. The number of amides is 3. The number of aliphatic imine (C=N–C) groups is 2. The van der Waals surface area contributed by atoms with Crippen LogP contribution in [0.5, 0.6) is 0 Å². The van der Waals surface area contributed by atoms with Crippen molar-refractivity contribution in [2.75, 3.05) is 33.0 Å². The summed E-state index contributed by atoms with van der Waals surface area (Å²) >= 11 is 0. The first-order valence-electron chi connectivity index (χ1n) is 10.7. The smallest absolute Gasteiger partial charge is 0.246 e. The molecule has 0 saturated carbocycles.